The zero-order valence-corrected chi connectivity index (χ0v) is 16.0. The molecule has 0 radical (unpaired) electrons. The third kappa shape index (κ3) is 3.75. The van der Waals surface area contributed by atoms with Crippen LogP contribution in [0.25, 0.3) is 10.9 Å². The van der Waals surface area contributed by atoms with E-state index in [0.29, 0.717) is 16.9 Å². The quantitative estimate of drug-likeness (QED) is 0.508. The van der Waals surface area contributed by atoms with E-state index in [-0.39, 0.29) is 24.3 Å². The molecule has 4 aromatic heterocycles. The number of rotatable bonds is 6. The normalized spacial score (nSPS) is 11.1. The first-order chi connectivity index (χ1) is 14.0. The minimum atomic E-state index is -0.312. The van der Waals surface area contributed by atoms with Crippen LogP contribution in [0.4, 0.5) is 5.82 Å². The highest BCUT2D eigenvalue weighted by Gasteiger charge is 2.19. The van der Waals surface area contributed by atoms with E-state index in [0.717, 1.165) is 10.9 Å². The first kappa shape index (κ1) is 18.5. The molecule has 0 aliphatic heterocycles. The lowest BCUT2D eigenvalue weighted by molar-refractivity contribution is -0.116. The van der Waals surface area contributed by atoms with Crippen LogP contribution in [0.2, 0.25) is 0 Å². The van der Waals surface area contributed by atoms with Gasteiger partial charge in [-0.25, -0.2) is 14.6 Å². The zero-order valence-electron chi connectivity index (χ0n) is 16.0. The number of ketones is 1. The fourth-order valence-corrected chi connectivity index (χ4v) is 3.15. The molecule has 0 saturated heterocycles. The van der Waals surface area contributed by atoms with E-state index in [4.69, 9.17) is 0 Å². The number of pyridine rings is 2. The molecule has 0 aliphatic carbocycles. The molecule has 146 valence electrons. The number of nitrogens with one attached hydrogen (secondary N) is 1. The van der Waals surface area contributed by atoms with Gasteiger partial charge < -0.3 is 9.88 Å². The second kappa shape index (κ2) is 7.63. The van der Waals surface area contributed by atoms with Crippen LogP contribution in [-0.4, -0.2) is 41.0 Å². The third-order valence-electron chi connectivity index (χ3n) is 4.50. The molecule has 4 rings (SSSR count). The van der Waals surface area contributed by atoms with Gasteiger partial charge in [0, 0.05) is 47.3 Å². The van der Waals surface area contributed by atoms with E-state index >= 15 is 0 Å². The van der Waals surface area contributed by atoms with Crippen LogP contribution < -0.4 is 5.32 Å². The molecule has 0 spiro atoms. The second-order valence-electron chi connectivity index (χ2n) is 6.84. The van der Waals surface area contributed by atoms with Crippen molar-refractivity contribution in [3.8, 4) is 0 Å². The van der Waals surface area contributed by atoms with Gasteiger partial charge in [0.05, 0.1) is 5.52 Å². The van der Waals surface area contributed by atoms with Gasteiger partial charge in [-0.05, 0) is 32.0 Å². The Morgan fingerprint density at radius 2 is 2.03 bits per heavy atom. The van der Waals surface area contributed by atoms with Crippen LogP contribution in [0.5, 0.6) is 0 Å². The van der Waals surface area contributed by atoms with E-state index < -0.39 is 0 Å². The average molecular weight is 389 g/mol. The Labute approximate surface area is 166 Å². The van der Waals surface area contributed by atoms with Crippen molar-refractivity contribution in [1.82, 2.24) is 29.3 Å². The summed E-state index contributed by atoms with van der Waals surface area (Å²) in [5.41, 5.74) is 1.95. The summed E-state index contributed by atoms with van der Waals surface area (Å²) in [6.07, 6.45) is 9.56. The maximum atomic E-state index is 13.2. The summed E-state index contributed by atoms with van der Waals surface area (Å²) in [6.45, 7) is 4.13. The van der Waals surface area contributed by atoms with Gasteiger partial charge >= 0.3 is 0 Å². The van der Waals surface area contributed by atoms with Gasteiger partial charge in [0.25, 0.3) is 0 Å². The number of fused-ring (bicyclic) bond motifs is 1. The molecule has 0 fully saturated rings. The molecule has 29 heavy (non-hydrogen) atoms. The van der Waals surface area contributed by atoms with Crippen LogP contribution in [0.1, 0.15) is 35.8 Å². The summed E-state index contributed by atoms with van der Waals surface area (Å²) in [4.78, 5) is 37.4. The molecule has 1 N–H and O–H groups in total. The zero-order chi connectivity index (χ0) is 20.4. The minimum absolute atomic E-state index is 0.00734. The summed E-state index contributed by atoms with van der Waals surface area (Å²) in [5.74, 6) is -0.170. The number of nitrogens with zero attached hydrogens (tertiary/aromatic N) is 6. The average Bonchev–Trinajstić information content (AvgIpc) is 3.35. The molecule has 1 amide bonds. The lowest BCUT2D eigenvalue weighted by Crippen LogP contribution is -2.20. The topological polar surface area (TPSA) is 108 Å². The predicted octanol–water partition coefficient (Wildman–Crippen LogP) is 2.47. The largest absolute Gasteiger partial charge is 0.344 e. The highest BCUT2D eigenvalue weighted by atomic mass is 16.2. The molecule has 4 aromatic rings. The molecule has 0 aromatic carbocycles. The Hall–Kier alpha value is -3.88. The fourth-order valence-electron chi connectivity index (χ4n) is 3.15. The van der Waals surface area contributed by atoms with Crippen molar-refractivity contribution >= 4 is 28.4 Å². The number of hydrogen-bond donors (Lipinski definition) is 1. The molecular formula is C20H19N7O2. The van der Waals surface area contributed by atoms with Crippen LogP contribution >= 0.6 is 0 Å². The van der Waals surface area contributed by atoms with Gasteiger partial charge in [0.2, 0.25) is 5.91 Å². The van der Waals surface area contributed by atoms with Crippen LogP contribution in [0.3, 0.4) is 0 Å². The molecule has 0 unspecified atom stereocenters. The van der Waals surface area contributed by atoms with Crippen LogP contribution in [0.15, 0.2) is 55.6 Å². The SMILES string of the molecule is CC(C)n1cc(C(=O)c2ccnc(NC(=O)Cn3cncn3)c2)c2cnccc21. The number of anilines is 1. The van der Waals surface area contributed by atoms with Crippen molar-refractivity contribution in [2.45, 2.75) is 26.4 Å². The number of carbonyl (C=O) groups is 2. The van der Waals surface area contributed by atoms with Crippen molar-refractivity contribution in [3.05, 3.63) is 66.8 Å². The Balaban J connectivity index is 1.61. The standard InChI is InChI=1S/C20H19N7O2/c1-13(2)27-9-16(15-8-21-5-4-17(15)27)20(29)14-3-6-23-18(7-14)25-19(28)10-26-12-22-11-24-26/h3-9,11-13H,10H2,1-2H3,(H,23,25,28). The Morgan fingerprint density at radius 1 is 1.17 bits per heavy atom. The van der Waals surface area contributed by atoms with Gasteiger partial charge in [-0.1, -0.05) is 0 Å². The summed E-state index contributed by atoms with van der Waals surface area (Å²) >= 11 is 0. The lowest BCUT2D eigenvalue weighted by atomic mass is 10.0. The number of amides is 1. The maximum Gasteiger partial charge on any atom is 0.247 e. The van der Waals surface area contributed by atoms with E-state index in [1.807, 2.05) is 16.8 Å². The van der Waals surface area contributed by atoms with Gasteiger partial charge in [0.15, 0.2) is 5.78 Å². The van der Waals surface area contributed by atoms with Gasteiger partial charge in [-0.15, -0.1) is 0 Å². The molecule has 0 aliphatic rings. The highest BCUT2D eigenvalue weighted by molar-refractivity contribution is 6.16. The lowest BCUT2D eigenvalue weighted by Gasteiger charge is -2.08. The molecule has 0 saturated carbocycles. The minimum Gasteiger partial charge on any atom is -0.344 e. The van der Waals surface area contributed by atoms with Crippen LogP contribution in [-0.2, 0) is 11.3 Å². The molecule has 0 bridgehead atoms. The first-order valence-corrected chi connectivity index (χ1v) is 9.10. The van der Waals surface area contributed by atoms with E-state index in [1.54, 1.807) is 24.5 Å². The van der Waals surface area contributed by atoms with E-state index in [1.165, 1.54) is 23.5 Å². The third-order valence-corrected chi connectivity index (χ3v) is 4.50. The number of hydrogen-bond acceptors (Lipinski definition) is 6. The van der Waals surface area contributed by atoms with Crippen molar-refractivity contribution in [2.75, 3.05) is 5.32 Å². The second-order valence-corrected chi connectivity index (χ2v) is 6.84. The Kier molecular flexibility index (Phi) is 4.86. The fraction of sp³-hybridized carbons (Fsp3) is 0.200. The Morgan fingerprint density at radius 3 is 2.79 bits per heavy atom. The molecule has 9 nitrogen and oxygen atoms in total. The number of aromatic nitrogens is 6. The van der Waals surface area contributed by atoms with Crippen molar-refractivity contribution in [2.24, 2.45) is 0 Å². The molecule has 0 atom stereocenters. The van der Waals surface area contributed by atoms with Gasteiger partial charge in [-0.2, -0.15) is 5.10 Å². The van der Waals surface area contributed by atoms with E-state index in [9.17, 15) is 9.59 Å². The number of carbonyl (C=O) groups excluding carboxylic acids is 2. The summed E-state index contributed by atoms with van der Waals surface area (Å²) < 4.78 is 3.45. The molecule has 4 heterocycles. The monoisotopic (exact) mass is 389 g/mol. The molecular weight excluding hydrogens is 370 g/mol. The van der Waals surface area contributed by atoms with Gasteiger partial charge in [-0.3, -0.25) is 14.6 Å². The Bertz CT molecular complexity index is 1180. The van der Waals surface area contributed by atoms with E-state index in [2.05, 4.69) is 39.2 Å². The first-order valence-electron chi connectivity index (χ1n) is 9.10. The summed E-state index contributed by atoms with van der Waals surface area (Å²) in [7, 11) is 0. The van der Waals surface area contributed by atoms with Gasteiger partial charge in [0.1, 0.15) is 25.0 Å². The molecule has 9 heteroatoms. The summed E-state index contributed by atoms with van der Waals surface area (Å²) in [6, 6.07) is 5.29. The summed E-state index contributed by atoms with van der Waals surface area (Å²) in [5, 5.41) is 7.36. The van der Waals surface area contributed by atoms with Crippen molar-refractivity contribution in [1.29, 1.82) is 0 Å². The predicted molar refractivity (Wildman–Crippen MR) is 106 cm³/mol. The van der Waals surface area contributed by atoms with Crippen molar-refractivity contribution in [3.63, 3.8) is 0 Å². The van der Waals surface area contributed by atoms with Crippen LogP contribution in [0, 0.1) is 0 Å². The maximum absolute atomic E-state index is 13.2. The highest BCUT2D eigenvalue weighted by Crippen LogP contribution is 2.26. The van der Waals surface area contributed by atoms with Crippen molar-refractivity contribution < 1.29 is 9.59 Å². The smallest absolute Gasteiger partial charge is 0.247 e.